The monoisotopic (exact) mass is 506 g/mol. The Labute approximate surface area is 211 Å². The number of aromatic nitrogens is 2. The molecule has 0 aliphatic rings. The highest BCUT2D eigenvalue weighted by atomic mass is 32.1. The lowest BCUT2D eigenvalue weighted by molar-refractivity contribution is -0.127. The first-order chi connectivity index (χ1) is 17.0. The number of rotatable bonds is 7. The fraction of sp³-hybridized carbons (Fsp3) is 0.240. The Hall–Kier alpha value is -4.25. The molecule has 1 aromatic carbocycles. The zero-order chi connectivity index (χ0) is 26.0. The molecule has 36 heavy (non-hydrogen) atoms. The Balaban J connectivity index is 1.87. The molecule has 0 aliphatic carbocycles. The average molecular weight is 507 g/mol. The second-order valence-corrected chi connectivity index (χ2v) is 10.0. The van der Waals surface area contributed by atoms with Crippen molar-refractivity contribution >= 4 is 45.8 Å². The molecule has 186 valence electrons. The van der Waals surface area contributed by atoms with E-state index in [1.807, 2.05) is 32.9 Å². The van der Waals surface area contributed by atoms with Crippen molar-refractivity contribution in [1.29, 1.82) is 0 Å². The van der Waals surface area contributed by atoms with E-state index in [2.05, 4.69) is 14.7 Å². The molecule has 10 nitrogen and oxygen atoms in total. The zero-order valence-electron chi connectivity index (χ0n) is 20.0. The Kier molecular flexibility index (Phi) is 6.75. The number of nitrogens with one attached hydrogen (secondary N) is 1. The van der Waals surface area contributed by atoms with E-state index < -0.39 is 29.3 Å². The van der Waals surface area contributed by atoms with Gasteiger partial charge in [-0.1, -0.05) is 12.1 Å². The summed E-state index contributed by atoms with van der Waals surface area (Å²) in [5.74, 6) is -1.37. The summed E-state index contributed by atoms with van der Waals surface area (Å²) in [6, 6.07) is 11.4. The number of primary amides is 1. The summed E-state index contributed by atoms with van der Waals surface area (Å²) < 4.78 is 9.46. The lowest BCUT2D eigenvalue weighted by Gasteiger charge is -2.33. The first-order valence-corrected chi connectivity index (χ1v) is 11.9. The molecule has 0 radical (unpaired) electrons. The third-order valence-electron chi connectivity index (χ3n) is 5.32. The number of nitrogens with zero attached hydrogens (tertiary/aromatic N) is 3. The maximum atomic E-state index is 13.9. The summed E-state index contributed by atoms with van der Waals surface area (Å²) in [7, 11) is 0. The van der Waals surface area contributed by atoms with Gasteiger partial charge in [0.25, 0.3) is 11.8 Å². The number of nitrogen functional groups attached to an aromatic ring is 1. The molecule has 1 atom stereocenters. The summed E-state index contributed by atoms with van der Waals surface area (Å²) >= 11 is 0.754. The lowest BCUT2D eigenvalue weighted by Crippen LogP contribution is -2.49. The van der Waals surface area contributed by atoms with Gasteiger partial charge < -0.3 is 26.1 Å². The Morgan fingerprint density at radius 1 is 1.17 bits per heavy atom. The smallest absolute Gasteiger partial charge is 0.270 e. The van der Waals surface area contributed by atoms with Gasteiger partial charge in [-0.15, -0.1) is 0 Å². The lowest BCUT2D eigenvalue weighted by atomic mass is 9.99. The Bertz CT molecular complexity index is 1420. The van der Waals surface area contributed by atoms with Gasteiger partial charge in [-0.2, -0.15) is 4.37 Å². The van der Waals surface area contributed by atoms with Crippen molar-refractivity contribution in [3.8, 4) is 0 Å². The minimum absolute atomic E-state index is 0.00590. The number of furan rings is 1. The largest absolute Gasteiger partial charge is 0.467 e. The van der Waals surface area contributed by atoms with Crippen molar-refractivity contribution in [2.75, 3.05) is 5.73 Å². The third-order valence-corrected chi connectivity index (χ3v) is 6.17. The van der Waals surface area contributed by atoms with Crippen LogP contribution in [0.4, 0.5) is 5.69 Å². The molecule has 4 aromatic rings. The van der Waals surface area contributed by atoms with Gasteiger partial charge in [-0.25, -0.2) is 0 Å². The molecule has 3 heterocycles. The van der Waals surface area contributed by atoms with Gasteiger partial charge in [0, 0.05) is 17.1 Å². The van der Waals surface area contributed by atoms with Crippen LogP contribution in [0.5, 0.6) is 0 Å². The van der Waals surface area contributed by atoms with E-state index in [0.717, 1.165) is 22.4 Å². The SMILES string of the molecule is CC(C)(C)NC(=O)C(c1ccc2ncccc2c1)N(Cc1ccco1)C(=O)c1snc(C(N)=O)c1N. The standard InChI is InChI=1S/C25H26N6O4S/c1-25(2,3)29-23(33)20(15-8-9-17-14(12-15)6-4-10-28-17)31(13-16-7-5-11-35-16)24(34)21-18(26)19(22(27)32)30-36-21/h4-12,20H,13,26H2,1-3H3,(H2,27,32)(H,29,33). The molecular weight excluding hydrogens is 480 g/mol. The molecule has 0 spiro atoms. The number of hydrogen-bond acceptors (Lipinski definition) is 8. The molecular formula is C25H26N6O4S. The van der Waals surface area contributed by atoms with E-state index in [-0.39, 0.29) is 22.8 Å². The molecule has 3 aromatic heterocycles. The van der Waals surface area contributed by atoms with Crippen LogP contribution in [0.25, 0.3) is 10.9 Å². The molecule has 1 unspecified atom stereocenters. The number of hydrogen-bond donors (Lipinski definition) is 3. The highest BCUT2D eigenvalue weighted by molar-refractivity contribution is 7.09. The third kappa shape index (κ3) is 5.20. The van der Waals surface area contributed by atoms with Crippen LogP contribution in [0.2, 0.25) is 0 Å². The van der Waals surface area contributed by atoms with Gasteiger partial charge in [-0.3, -0.25) is 19.4 Å². The van der Waals surface area contributed by atoms with Crippen molar-refractivity contribution in [2.45, 2.75) is 38.9 Å². The maximum absolute atomic E-state index is 13.9. The highest BCUT2D eigenvalue weighted by Crippen LogP contribution is 2.32. The topological polar surface area (TPSA) is 157 Å². The van der Waals surface area contributed by atoms with Crippen LogP contribution in [0.15, 0.2) is 59.3 Å². The van der Waals surface area contributed by atoms with Crippen LogP contribution in [-0.2, 0) is 11.3 Å². The van der Waals surface area contributed by atoms with E-state index in [9.17, 15) is 14.4 Å². The van der Waals surface area contributed by atoms with Crippen LogP contribution >= 0.6 is 11.5 Å². The summed E-state index contributed by atoms with van der Waals surface area (Å²) in [4.78, 5) is 45.0. The quantitative estimate of drug-likeness (QED) is 0.347. The number of carbonyl (C=O) groups is 3. The van der Waals surface area contributed by atoms with Crippen LogP contribution in [0, 0.1) is 0 Å². The van der Waals surface area contributed by atoms with Gasteiger partial charge in [0.05, 0.1) is 24.0 Å². The number of carbonyl (C=O) groups excluding carboxylic acids is 3. The molecule has 11 heteroatoms. The average Bonchev–Trinajstić information content (AvgIpc) is 3.46. The van der Waals surface area contributed by atoms with E-state index >= 15 is 0 Å². The molecule has 0 bridgehead atoms. The van der Waals surface area contributed by atoms with Crippen molar-refractivity contribution in [1.82, 2.24) is 19.6 Å². The van der Waals surface area contributed by atoms with Crippen LogP contribution in [-0.4, -0.2) is 37.5 Å². The Morgan fingerprint density at radius 2 is 1.94 bits per heavy atom. The minimum atomic E-state index is -1.06. The fourth-order valence-corrected chi connectivity index (χ4v) is 4.55. The Morgan fingerprint density at radius 3 is 2.58 bits per heavy atom. The van der Waals surface area contributed by atoms with Gasteiger partial charge in [0.2, 0.25) is 5.91 Å². The van der Waals surface area contributed by atoms with Crippen LogP contribution in [0.3, 0.4) is 0 Å². The normalized spacial score (nSPS) is 12.3. The molecule has 0 fully saturated rings. The molecule has 4 rings (SSSR count). The first-order valence-electron chi connectivity index (χ1n) is 11.1. The molecule has 5 N–H and O–H groups in total. The second-order valence-electron chi connectivity index (χ2n) is 9.25. The van der Waals surface area contributed by atoms with Crippen molar-refractivity contribution in [3.63, 3.8) is 0 Å². The predicted molar refractivity (Wildman–Crippen MR) is 136 cm³/mol. The van der Waals surface area contributed by atoms with E-state index in [0.29, 0.717) is 11.3 Å². The van der Waals surface area contributed by atoms with Crippen molar-refractivity contribution < 1.29 is 18.8 Å². The number of fused-ring (bicyclic) bond motifs is 1. The number of pyridine rings is 1. The van der Waals surface area contributed by atoms with E-state index in [1.54, 1.807) is 36.5 Å². The maximum Gasteiger partial charge on any atom is 0.270 e. The number of nitrogens with two attached hydrogens (primary N) is 2. The first kappa shape index (κ1) is 24.9. The highest BCUT2D eigenvalue weighted by Gasteiger charge is 2.36. The fourth-order valence-electron chi connectivity index (χ4n) is 3.79. The van der Waals surface area contributed by atoms with E-state index in [4.69, 9.17) is 15.9 Å². The summed E-state index contributed by atoms with van der Waals surface area (Å²) in [5, 5.41) is 3.78. The van der Waals surface area contributed by atoms with Crippen LogP contribution < -0.4 is 16.8 Å². The number of anilines is 1. The summed E-state index contributed by atoms with van der Waals surface area (Å²) in [6.07, 6.45) is 3.16. The van der Waals surface area contributed by atoms with Gasteiger partial charge in [0.1, 0.15) is 16.7 Å². The van der Waals surface area contributed by atoms with Gasteiger partial charge >= 0.3 is 0 Å². The molecule has 3 amide bonds. The second kappa shape index (κ2) is 9.78. The summed E-state index contributed by atoms with van der Waals surface area (Å²) in [6.45, 7) is 5.52. The van der Waals surface area contributed by atoms with Crippen molar-refractivity contribution in [3.05, 3.63) is 76.8 Å². The number of benzene rings is 1. The predicted octanol–water partition coefficient (Wildman–Crippen LogP) is 3.26. The molecule has 0 aliphatic heterocycles. The molecule has 0 saturated carbocycles. The summed E-state index contributed by atoms with van der Waals surface area (Å²) in [5.41, 5.74) is 11.9. The van der Waals surface area contributed by atoms with Crippen LogP contribution in [0.1, 0.15) is 58.3 Å². The van der Waals surface area contributed by atoms with Crippen molar-refractivity contribution in [2.24, 2.45) is 5.73 Å². The number of amides is 3. The molecule has 0 saturated heterocycles. The van der Waals surface area contributed by atoms with Gasteiger partial charge in [-0.05, 0) is 68.2 Å². The minimum Gasteiger partial charge on any atom is -0.467 e. The zero-order valence-corrected chi connectivity index (χ0v) is 20.8. The van der Waals surface area contributed by atoms with E-state index in [1.165, 1.54) is 11.2 Å². The van der Waals surface area contributed by atoms with Gasteiger partial charge in [0.15, 0.2) is 5.69 Å².